The van der Waals surface area contributed by atoms with Gasteiger partial charge in [-0.05, 0) is 42.8 Å². The molecule has 32 heavy (non-hydrogen) atoms. The van der Waals surface area contributed by atoms with Gasteiger partial charge in [-0.2, -0.15) is 0 Å². The van der Waals surface area contributed by atoms with Crippen molar-refractivity contribution in [1.29, 1.82) is 0 Å². The first-order chi connectivity index (χ1) is 15.6. The van der Waals surface area contributed by atoms with E-state index in [9.17, 15) is 4.79 Å². The lowest BCUT2D eigenvalue weighted by Crippen LogP contribution is -2.43. The molecular weight excluding hydrogens is 418 g/mol. The molecule has 0 spiro atoms. The summed E-state index contributed by atoms with van der Waals surface area (Å²) in [5.41, 5.74) is 4.48. The number of piperazine rings is 1. The van der Waals surface area contributed by atoms with Crippen molar-refractivity contribution >= 4 is 17.2 Å². The molecule has 1 aliphatic rings. The Balaban J connectivity index is 1.32. The number of nitrogens with zero attached hydrogens (tertiary/aromatic N) is 5. The van der Waals surface area contributed by atoms with Gasteiger partial charge in [-0.25, -0.2) is 4.98 Å². The van der Waals surface area contributed by atoms with E-state index in [1.807, 2.05) is 24.6 Å². The minimum absolute atomic E-state index is 0.0970. The molecule has 0 saturated carbocycles. The van der Waals surface area contributed by atoms with Gasteiger partial charge in [0.15, 0.2) is 0 Å². The van der Waals surface area contributed by atoms with Crippen LogP contribution in [-0.2, 0) is 24.2 Å². The molecule has 0 unspecified atom stereocenters. The summed E-state index contributed by atoms with van der Waals surface area (Å²) in [7, 11) is 4.04. The van der Waals surface area contributed by atoms with Crippen LogP contribution in [-0.4, -0.2) is 77.4 Å². The summed E-state index contributed by atoms with van der Waals surface area (Å²) in [5, 5.41) is 2.99. The molecule has 0 atom stereocenters. The maximum absolute atomic E-state index is 12.6. The number of rotatable bonds is 8. The van der Waals surface area contributed by atoms with Gasteiger partial charge in [-0.15, -0.1) is 11.3 Å². The Morgan fingerprint density at radius 1 is 1.09 bits per heavy atom. The third-order valence-corrected chi connectivity index (χ3v) is 6.91. The molecule has 1 saturated heterocycles. The molecule has 0 N–H and O–H groups in total. The normalized spacial score (nSPS) is 15.1. The van der Waals surface area contributed by atoms with Crippen molar-refractivity contribution in [2.24, 2.45) is 0 Å². The van der Waals surface area contributed by atoms with E-state index in [4.69, 9.17) is 4.98 Å². The first kappa shape index (κ1) is 22.6. The first-order valence-electron chi connectivity index (χ1n) is 11.1. The Bertz CT molecular complexity index is 1010. The van der Waals surface area contributed by atoms with Crippen molar-refractivity contribution in [1.82, 2.24) is 24.7 Å². The lowest BCUT2D eigenvalue weighted by molar-refractivity contribution is -0.129. The Labute approximate surface area is 194 Å². The highest BCUT2D eigenvalue weighted by Crippen LogP contribution is 2.25. The van der Waals surface area contributed by atoms with E-state index in [1.165, 1.54) is 11.1 Å². The van der Waals surface area contributed by atoms with Gasteiger partial charge in [0.25, 0.3) is 0 Å². The largest absolute Gasteiger partial charge is 0.345 e. The predicted octanol–water partition coefficient (Wildman–Crippen LogP) is 3.20. The van der Waals surface area contributed by atoms with Crippen LogP contribution in [0.3, 0.4) is 0 Å². The Hall–Kier alpha value is -2.61. The van der Waals surface area contributed by atoms with E-state index in [-0.39, 0.29) is 5.91 Å². The van der Waals surface area contributed by atoms with Crippen molar-refractivity contribution < 1.29 is 4.79 Å². The second-order valence-electron chi connectivity index (χ2n) is 8.52. The maximum Gasteiger partial charge on any atom is 0.228 e. The Kier molecular flexibility index (Phi) is 7.63. The van der Waals surface area contributed by atoms with Crippen LogP contribution in [0.2, 0.25) is 0 Å². The molecule has 0 bridgehead atoms. The van der Waals surface area contributed by atoms with E-state index in [0.717, 1.165) is 55.4 Å². The fraction of sp³-hybridized carbons (Fsp3) is 0.400. The van der Waals surface area contributed by atoms with Crippen molar-refractivity contribution in [3.8, 4) is 10.6 Å². The van der Waals surface area contributed by atoms with Crippen LogP contribution < -0.4 is 0 Å². The minimum Gasteiger partial charge on any atom is -0.345 e. The molecule has 1 fully saturated rings. The number of aromatic nitrogens is 2. The molecule has 0 aliphatic carbocycles. The van der Waals surface area contributed by atoms with Crippen molar-refractivity contribution in [2.75, 3.05) is 46.8 Å². The van der Waals surface area contributed by atoms with Gasteiger partial charge in [0.05, 0.1) is 12.1 Å². The van der Waals surface area contributed by atoms with Gasteiger partial charge in [0.1, 0.15) is 5.01 Å². The number of carbonyl (C=O) groups excluding carboxylic acids is 1. The monoisotopic (exact) mass is 449 g/mol. The summed E-state index contributed by atoms with van der Waals surface area (Å²) in [6, 6.07) is 12.6. The van der Waals surface area contributed by atoms with Gasteiger partial charge in [0.2, 0.25) is 5.91 Å². The quantitative estimate of drug-likeness (QED) is 0.529. The summed E-state index contributed by atoms with van der Waals surface area (Å²) in [6.07, 6.45) is 4.74. The van der Waals surface area contributed by atoms with Crippen LogP contribution in [0.1, 0.15) is 16.8 Å². The molecular formula is C25H31N5OS. The number of pyridine rings is 1. The third kappa shape index (κ3) is 6.22. The van der Waals surface area contributed by atoms with Crippen molar-refractivity contribution in [2.45, 2.75) is 19.4 Å². The van der Waals surface area contributed by atoms with E-state index in [2.05, 4.69) is 46.1 Å². The van der Waals surface area contributed by atoms with Crippen LogP contribution >= 0.6 is 11.3 Å². The highest BCUT2D eigenvalue weighted by atomic mass is 32.1. The SMILES string of the molecule is CN1CCN(Cc2cccc(-c3nc(CC(=O)N(C)CCc4ccncc4)cs3)c2)CC1. The molecule has 4 rings (SSSR count). The van der Waals surface area contributed by atoms with Gasteiger partial charge < -0.3 is 9.80 Å². The average Bonchev–Trinajstić information content (AvgIpc) is 3.28. The standard InChI is InChI=1S/C25H31N5OS/c1-28-12-14-30(15-13-28)18-21-4-3-5-22(16-21)25-27-23(19-32-25)17-24(31)29(2)11-8-20-6-9-26-10-7-20/h3-7,9-10,16,19H,8,11-15,17-18H2,1-2H3. The number of hydrogen-bond acceptors (Lipinski definition) is 6. The van der Waals surface area contributed by atoms with Crippen molar-refractivity contribution in [3.63, 3.8) is 0 Å². The van der Waals surface area contributed by atoms with Crippen LogP contribution in [0, 0.1) is 0 Å². The number of carbonyl (C=O) groups is 1. The van der Waals surface area contributed by atoms with E-state index in [0.29, 0.717) is 13.0 Å². The molecule has 3 aromatic rings. The zero-order valence-electron chi connectivity index (χ0n) is 18.9. The van der Waals surface area contributed by atoms with Crippen LogP contribution in [0.25, 0.3) is 10.6 Å². The summed E-state index contributed by atoms with van der Waals surface area (Å²) < 4.78 is 0. The molecule has 1 amide bonds. The smallest absolute Gasteiger partial charge is 0.228 e. The van der Waals surface area contributed by atoms with E-state index in [1.54, 1.807) is 28.6 Å². The first-order valence-corrected chi connectivity index (χ1v) is 12.0. The van der Waals surface area contributed by atoms with Crippen molar-refractivity contribution in [3.05, 3.63) is 71.0 Å². The Morgan fingerprint density at radius 2 is 1.88 bits per heavy atom. The molecule has 2 aromatic heterocycles. The highest BCUT2D eigenvalue weighted by Gasteiger charge is 2.15. The summed E-state index contributed by atoms with van der Waals surface area (Å²) in [6.45, 7) is 6.13. The molecule has 6 nitrogen and oxygen atoms in total. The Morgan fingerprint density at radius 3 is 2.66 bits per heavy atom. The van der Waals surface area contributed by atoms with Crippen LogP contribution in [0.15, 0.2) is 54.2 Å². The summed E-state index contributed by atoms with van der Waals surface area (Å²) in [4.78, 5) is 28.1. The topological polar surface area (TPSA) is 52.6 Å². The van der Waals surface area contributed by atoms with Crippen LogP contribution in [0.4, 0.5) is 0 Å². The fourth-order valence-corrected chi connectivity index (χ4v) is 4.67. The molecule has 3 heterocycles. The molecule has 168 valence electrons. The van der Waals surface area contributed by atoms with Gasteiger partial charge in [0, 0.05) is 69.7 Å². The molecule has 0 radical (unpaired) electrons. The van der Waals surface area contributed by atoms with E-state index >= 15 is 0 Å². The van der Waals surface area contributed by atoms with Crippen LogP contribution in [0.5, 0.6) is 0 Å². The van der Waals surface area contributed by atoms with E-state index < -0.39 is 0 Å². The number of likely N-dealkylation sites (N-methyl/N-ethyl adjacent to an activating group) is 2. The second-order valence-corrected chi connectivity index (χ2v) is 9.38. The number of amides is 1. The lowest BCUT2D eigenvalue weighted by Gasteiger charge is -2.32. The summed E-state index contributed by atoms with van der Waals surface area (Å²) in [5.74, 6) is 0.0970. The third-order valence-electron chi connectivity index (χ3n) is 5.97. The predicted molar refractivity (Wildman–Crippen MR) is 130 cm³/mol. The molecule has 7 heteroatoms. The number of benzene rings is 1. The zero-order valence-corrected chi connectivity index (χ0v) is 19.7. The van der Waals surface area contributed by atoms with Gasteiger partial charge in [-0.3, -0.25) is 14.7 Å². The summed E-state index contributed by atoms with van der Waals surface area (Å²) >= 11 is 1.61. The molecule has 1 aliphatic heterocycles. The fourth-order valence-electron chi connectivity index (χ4n) is 3.85. The second kappa shape index (κ2) is 10.8. The number of thiazole rings is 1. The molecule has 1 aromatic carbocycles. The maximum atomic E-state index is 12.6. The minimum atomic E-state index is 0.0970. The number of hydrogen-bond donors (Lipinski definition) is 0. The highest BCUT2D eigenvalue weighted by molar-refractivity contribution is 7.13. The van der Waals surface area contributed by atoms with Gasteiger partial charge in [-0.1, -0.05) is 18.2 Å². The average molecular weight is 450 g/mol. The van der Waals surface area contributed by atoms with Gasteiger partial charge >= 0.3 is 0 Å². The lowest BCUT2D eigenvalue weighted by atomic mass is 10.1. The zero-order chi connectivity index (χ0) is 22.3.